The molecule has 0 saturated carbocycles. The van der Waals surface area contributed by atoms with Gasteiger partial charge in [0.05, 0.1) is 13.2 Å². The Morgan fingerprint density at radius 2 is 1.91 bits per heavy atom. The minimum Gasteiger partial charge on any atom is -0.450 e. The minimum absolute atomic E-state index is 0.214. The smallest absolute Gasteiger partial charge is 0.409 e. The first-order chi connectivity index (χ1) is 11.2. The third-order valence-corrected chi connectivity index (χ3v) is 4.52. The van der Waals surface area contributed by atoms with Gasteiger partial charge in [-0.05, 0) is 45.7 Å². The predicted octanol–water partition coefficient (Wildman–Crippen LogP) is 0.998. The van der Waals surface area contributed by atoms with Gasteiger partial charge in [0.1, 0.15) is 0 Å². The third-order valence-electron chi connectivity index (χ3n) is 4.52. The van der Waals surface area contributed by atoms with Crippen molar-refractivity contribution in [2.75, 3.05) is 45.9 Å². The van der Waals surface area contributed by atoms with Crippen LogP contribution in [0.15, 0.2) is 4.99 Å². The summed E-state index contributed by atoms with van der Waals surface area (Å²) in [6, 6.07) is 0.291. The number of ether oxygens (including phenoxy) is 1. The summed E-state index contributed by atoms with van der Waals surface area (Å²) in [5.41, 5.74) is 5.98. The Kier molecular flexibility index (Phi) is 7.45. The molecule has 7 nitrogen and oxygen atoms in total. The van der Waals surface area contributed by atoms with Gasteiger partial charge in [-0.2, -0.15) is 0 Å². The number of nitrogens with one attached hydrogen (secondary N) is 1. The summed E-state index contributed by atoms with van der Waals surface area (Å²) in [6.45, 7) is 7.78. The summed E-state index contributed by atoms with van der Waals surface area (Å²) in [7, 11) is 0. The Balaban J connectivity index is 1.62. The first kappa shape index (κ1) is 17.8. The Labute approximate surface area is 139 Å². The molecular weight excluding hydrogens is 294 g/mol. The number of nitrogens with zero attached hydrogens (tertiary/aromatic N) is 3. The number of hydrogen-bond acceptors (Lipinski definition) is 4. The van der Waals surface area contributed by atoms with Gasteiger partial charge in [-0.1, -0.05) is 6.42 Å². The molecule has 2 aliphatic heterocycles. The lowest BCUT2D eigenvalue weighted by atomic mass is 10.1. The van der Waals surface area contributed by atoms with E-state index in [1.807, 2.05) is 6.92 Å². The molecular formula is C16H31N5O2. The van der Waals surface area contributed by atoms with E-state index in [-0.39, 0.29) is 6.09 Å². The normalized spacial score (nSPS) is 21.3. The van der Waals surface area contributed by atoms with E-state index in [4.69, 9.17) is 10.5 Å². The number of piperidine rings is 2. The van der Waals surface area contributed by atoms with E-state index in [0.717, 1.165) is 25.9 Å². The van der Waals surface area contributed by atoms with Crippen molar-refractivity contribution in [1.82, 2.24) is 15.1 Å². The monoisotopic (exact) mass is 325 g/mol. The molecule has 1 amide bonds. The van der Waals surface area contributed by atoms with Crippen molar-refractivity contribution < 1.29 is 9.53 Å². The van der Waals surface area contributed by atoms with Crippen LogP contribution in [0.2, 0.25) is 0 Å². The van der Waals surface area contributed by atoms with Gasteiger partial charge in [-0.15, -0.1) is 0 Å². The lowest BCUT2D eigenvalue weighted by Crippen LogP contribution is -2.48. The van der Waals surface area contributed by atoms with Crippen molar-refractivity contribution in [2.45, 2.75) is 45.1 Å². The molecule has 2 rings (SSSR count). The molecule has 0 bridgehead atoms. The van der Waals surface area contributed by atoms with Crippen LogP contribution in [0.3, 0.4) is 0 Å². The van der Waals surface area contributed by atoms with Gasteiger partial charge in [0, 0.05) is 25.7 Å². The van der Waals surface area contributed by atoms with Gasteiger partial charge in [0.15, 0.2) is 5.96 Å². The molecule has 0 radical (unpaired) electrons. The van der Waals surface area contributed by atoms with Crippen LogP contribution in [0.4, 0.5) is 4.79 Å². The zero-order valence-electron chi connectivity index (χ0n) is 14.3. The highest BCUT2D eigenvalue weighted by Crippen LogP contribution is 2.11. The van der Waals surface area contributed by atoms with Crippen molar-refractivity contribution in [1.29, 1.82) is 0 Å². The summed E-state index contributed by atoms with van der Waals surface area (Å²) in [4.78, 5) is 20.3. The van der Waals surface area contributed by atoms with E-state index in [1.54, 1.807) is 4.90 Å². The fraction of sp³-hybridized carbons (Fsp3) is 0.875. The molecule has 2 heterocycles. The number of hydrogen-bond donors (Lipinski definition) is 2. The standard InChI is InChI=1S/C16H31N5O2/c1-2-23-16(22)21-11-6-14(7-12-21)19-15(17)18-8-13-20-9-4-3-5-10-20/h14H,2-13H2,1H3,(H3,17,18,19). The van der Waals surface area contributed by atoms with Crippen LogP contribution < -0.4 is 11.1 Å². The van der Waals surface area contributed by atoms with Crippen molar-refractivity contribution in [3.8, 4) is 0 Å². The van der Waals surface area contributed by atoms with E-state index in [2.05, 4.69) is 15.2 Å². The number of carbonyl (C=O) groups excluding carboxylic acids is 1. The Bertz CT molecular complexity index is 388. The fourth-order valence-corrected chi connectivity index (χ4v) is 3.17. The fourth-order valence-electron chi connectivity index (χ4n) is 3.17. The van der Waals surface area contributed by atoms with Crippen molar-refractivity contribution in [3.63, 3.8) is 0 Å². The predicted molar refractivity (Wildman–Crippen MR) is 91.5 cm³/mol. The maximum atomic E-state index is 11.6. The third kappa shape index (κ3) is 6.25. The molecule has 0 aromatic heterocycles. The molecule has 23 heavy (non-hydrogen) atoms. The number of carbonyl (C=O) groups is 1. The summed E-state index contributed by atoms with van der Waals surface area (Å²) >= 11 is 0. The van der Waals surface area contributed by atoms with Crippen LogP contribution in [-0.2, 0) is 4.74 Å². The van der Waals surface area contributed by atoms with Gasteiger partial charge in [-0.3, -0.25) is 4.99 Å². The number of likely N-dealkylation sites (tertiary alicyclic amines) is 2. The summed E-state index contributed by atoms with van der Waals surface area (Å²) < 4.78 is 5.02. The van der Waals surface area contributed by atoms with E-state index < -0.39 is 0 Å². The van der Waals surface area contributed by atoms with Crippen LogP contribution in [0.1, 0.15) is 39.0 Å². The maximum absolute atomic E-state index is 11.6. The molecule has 2 saturated heterocycles. The van der Waals surface area contributed by atoms with Crippen LogP contribution in [-0.4, -0.2) is 73.8 Å². The first-order valence-electron chi connectivity index (χ1n) is 8.89. The topological polar surface area (TPSA) is 83.2 Å². The average molecular weight is 325 g/mol. The lowest BCUT2D eigenvalue weighted by molar-refractivity contribution is 0.0963. The van der Waals surface area contributed by atoms with Crippen molar-refractivity contribution in [2.24, 2.45) is 10.7 Å². The highest BCUT2D eigenvalue weighted by molar-refractivity contribution is 5.78. The van der Waals surface area contributed by atoms with E-state index in [1.165, 1.54) is 32.4 Å². The molecule has 3 N–H and O–H groups in total. The number of nitrogens with two attached hydrogens (primary N) is 1. The average Bonchev–Trinajstić information content (AvgIpc) is 2.57. The molecule has 0 aliphatic carbocycles. The molecule has 0 atom stereocenters. The Hall–Kier alpha value is -1.50. The van der Waals surface area contributed by atoms with Gasteiger partial charge < -0.3 is 25.6 Å². The SMILES string of the molecule is CCOC(=O)N1CCC(NC(N)=NCCN2CCCCC2)CC1. The van der Waals surface area contributed by atoms with Crippen LogP contribution in [0, 0.1) is 0 Å². The number of aliphatic imine (C=N–C) groups is 1. The van der Waals surface area contributed by atoms with Crippen LogP contribution >= 0.6 is 0 Å². The molecule has 0 spiro atoms. The van der Waals surface area contributed by atoms with Gasteiger partial charge >= 0.3 is 6.09 Å². The van der Waals surface area contributed by atoms with Crippen LogP contribution in [0.5, 0.6) is 0 Å². The van der Waals surface area contributed by atoms with Gasteiger partial charge in [-0.25, -0.2) is 4.79 Å². The van der Waals surface area contributed by atoms with E-state index in [9.17, 15) is 4.79 Å². The molecule has 0 unspecified atom stereocenters. The van der Waals surface area contributed by atoms with E-state index in [0.29, 0.717) is 31.7 Å². The van der Waals surface area contributed by atoms with Gasteiger partial charge in [0.25, 0.3) is 0 Å². The number of guanidine groups is 1. The largest absolute Gasteiger partial charge is 0.450 e. The second-order valence-electron chi connectivity index (χ2n) is 6.27. The van der Waals surface area contributed by atoms with Gasteiger partial charge in [0.2, 0.25) is 0 Å². The molecule has 7 heteroatoms. The van der Waals surface area contributed by atoms with Crippen LogP contribution in [0.25, 0.3) is 0 Å². The number of amides is 1. The highest BCUT2D eigenvalue weighted by atomic mass is 16.6. The maximum Gasteiger partial charge on any atom is 0.409 e. The quantitative estimate of drug-likeness (QED) is 0.582. The molecule has 2 fully saturated rings. The summed E-state index contributed by atoms with van der Waals surface area (Å²) in [6.07, 6.45) is 5.50. The second-order valence-corrected chi connectivity index (χ2v) is 6.27. The Morgan fingerprint density at radius 1 is 1.22 bits per heavy atom. The van der Waals surface area contributed by atoms with Crippen molar-refractivity contribution in [3.05, 3.63) is 0 Å². The highest BCUT2D eigenvalue weighted by Gasteiger charge is 2.23. The zero-order valence-corrected chi connectivity index (χ0v) is 14.3. The van der Waals surface area contributed by atoms with Crippen molar-refractivity contribution >= 4 is 12.1 Å². The molecule has 0 aromatic carbocycles. The summed E-state index contributed by atoms with van der Waals surface area (Å²) in [5, 5.41) is 3.28. The summed E-state index contributed by atoms with van der Waals surface area (Å²) in [5.74, 6) is 0.525. The minimum atomic E-state index is -0.214. The number of rotatable bonds is 5. The van der Waals surface area contributed by atoms with E-state index >= 15 is 0 Å². The molecule has 132 valence electrons. The zero-order chi connectivity index (χ0) is 16.5. The second kappa shape index (κ2) is 9.60. The molecule has 2 aliphatic rings. The lowest BCUT2D eigenvalue weighted by Gasteiger charge is -2.31. The first-order valence-corrected chi connectivity index (χ1v) is 8.89. The Morgan fingerprint density at radius 3 is 2.57 bits per heavy atom. The molecule has 0 aromatic rings.